The van der Waals surface area contributed by atoms with Gasteiger partial charge in [-0.2, -0.15) is 0 Å². The lowest BCUT2D eigenvalue weighted by Gasteiger charge is -2.17. The number of sulfonamides is 1. The van der Waals surface area contributed by atoms with Gasteiger partial charge in [-0.15, -0.1) is 0 Å². The number of nitrogens with one attached hydrogen (secondary N) is 2. The molecule has 8 nitrogen and oxygen atoms in total. The second-order valence-electron chi connectivity index (χ2n) is 7.57. The highest BCUT2D eigenvalue weighted by Gasteiger charge is 2.27. The summed E-state index contributed by atoms with van der Waals surface area (Å²) in [7, 11) is -4.82. The molecule has 2 aromatic rings. The summed E-state index contributed by atoms with van der Waals surface area (Å²) in [6.07, 6.45) is 5.70. The van der Waals surface area contributed by atoms with Crippen molar-refractivity contribution in [3.8, 4) is 5.75 Å². The third kappa shape index (κ3) is 3.78. The number of carbonyl (C=O) groups excluding carboxylic acids is 1. The smallest absolute Gasteiger partial charge is 0.492 e. The Balaban J connectivity index is 1.59. The third-order valence-corrected chi connectivity index (χ3v) is 7.06. The number of rotatable bonds is 5. The van der Waals surface area contributed by atoms with Crippen LogP contribution in [0.2, 0.25) is 0 Å². The van der Waals surface area contributed by atoms with E-state index in [1.54, 1.807) is 0 Å². The topological polar surface area (TPSA) is 125 Å². The zero-order chi connectivity index (χ0) is 21.5. The second kappa shape index (κ2) is 7.94. The molecule has 4 N–H and O–H groups in total. The highest BCUT2D eigenvalue weighted by molar-refractivity contribution is 7.90. The number of hydrogen-bond acceptors (Lipinski definition) is 6. The van der Waals surface area contributed by atoms with E-state index in [1.165, 1.54) is 30.4 Å². The summed E-state index contributed by atoms with van der Waals surface area (Å²) >= 11 is 0. The predicted molar refractivity (Wildman–Crippen MR) is 113 cm³/mol. The van der Waals surface area contributed by atoms with E-state index in [9.17, 15) is 23.3 Å². The Hall–Kier alpha value is -2.56. The van der Waals surface area contributed by atoms with E-state index in [-0.39, 0.29) is 16.1 Å². The predicted octanol–water partition coefficient (Wildman–Crippen LogP) is 0.863. The van der Waals surface area contributed by atoms with Gasteiger partial charge in [0.15, 0.2) is 0 Å². The van der Waals surface area contributed by atoms with Gasteiger partial charge in [0, 0.05) is 11.2 Å². The standard InChI is InChI=1S/C20H23BN2O6S/c1-29-18-9-8-14(11-17(18)21(25)26)30(27,28)23-20(24)22-19-15-6-2-4-12(15)10-13-5-3-7-16(13)19/h8-11,25-26H,2-7H2,1H3,(H2,22,23,24). The normalized spacial score (nSPS) is 14.8. The van der Waals surface area contributed by atoms with Crippen molar-refractivity contribution >= 4 is 34.3 Å². The second-order valence-corrected chi connectivity index (χ2v) is 9.25. The van der Waals surface area contributed by atoms with E-state index in [1.807, 2.05) is 4.72 Å². The van der Waals surface area contributed by atoms with Crippen molar-refractivity contribution in [3.05, 3.63) is 46.5 Å². The minimum absolute atomic E-state index is 0.112. The minimum Gasteiger partial charge on any atom is -0.497 e. The Kier molecular flexibility index (Phi) is 5.48. The lowest BCUT2D eigenvalue weighted by atomic mass is 9.79. The van der Waals surface area contributed by atoms with Gasteiger partial charge in [-0.05, 0) is 79.0 Å². The molecule has 2 aliphatic carbocycles. The number of carbonyl (C=O) groups is 1. The number of benzene rings is 2. The molecule has 0 aromatic heterocycles. The van der Waals surface area contributed by atoms with Gasteiger partial charge in [-0.1, -0.05) is 6.07 Å². The van der Waals surface area contributed by atoms with Crippen LogP contribution in [0, 0.1) is 0 Å². The molecular weight excluding hydrogens is 407 g/mol. The van der Waals surface area contributed by atoms with Crippen LogP contribution in [0.1, 0.15) is 35.1 Å². The average molecular weight is 430 g/mol. The molecule has 4 rings (SSSR count). The zero-order valence-corrected chi connectivity index (χ0v) is 17.4. The van der Waals surface area contributed by atoms with Gasteiger partial charge in [-0.3, -0.25) is 0 Å². The lowest BCUT2D eigenvalue weighted by molar-refractivity contribution is 0.256. The number of anilines is 1. The molecule has 0 saturated heterocycles. The van der Waals surface area contributed by atoms with Crippen molar-refractivity contribution in [1.82, 2.24) is 4.72 Å². The van der Waals surface area contributed by atoms with Gasteiger partial charge in [0.25, 0.3) is 10.0 Å². The summed E-state index contributed by atoms with van der Waals surface area (Å²) in [5.41, 5.74) is 5.28. The van der Waals surface area contributed by atoms with Crippen molar-refractivity contribution in [1.29, 1.82) is 0 Å². The van der Waals surface area contributed by atoms with Gasteiger partial charge >= 0.3 is 13.1 Å². The SMILES string of the molecule is COc1ccc(S(=O)(=O)NC(=O)Nc2c3c(cc4c2CCC4)CCC3)cc1B(O)O. The van der Waals surface area contributed by atoms with E-state index < -0.39 is 23.2 Å². The first kappa shape index (κ1) is 20.7. The molecule has 0 saturated carbocycles. The summed E-state index contributed by atoms with van der Waals surface area (Å²) in [5.74, 6) is 0.129. The van der Waals surface area contributed by atoms with E-state index in [4.69, 9.17) is 4.74 Å². The number of methoxy groups -OCH3 is 1. The number of hydrogen-bond donors (Lipinski definition) is 4. The molecule has 0 radical (unpaired) electrons. The first-order valence-corrected chi connectivity index (χ1v) is 11.3. The van der Waals surface area contributed by atoms with Crippen LogP contribution in [0.4, 0.5) is 10.5 Å². The van der Waals surface area contributed by atoms with Crippen molar-refractivity contribution in [3.63, 3.8) is 0 Å². The Labute approximate surface area is 175 Å². The molecule has 0 unspecified atom stereocenters. The molecule has 0 fully saturated rings. The molecular formula is C20H23BN2O6S. The number of fused-ring (bicyclic) bond motifs is 2. The summed E-state index contributed by atoms with van der Waals surface area (Å²) in [6.45, 7) is 0. The third-order valence-electron chi connectivity index (χ3n) is 5.73. The quantitative estimate of drug-likeness (QED) is 0.522. The molecule has 0 atom stereocenters. The molecule has 30 heavy (non-hydrogen) atoms. The highest BCUT2D eigenvalue weighted by Crippen LogP contribution is 2.38. The van der Waals surface area contributed by atoms with Gasteiger partial charge < -0.3 is 20.1 Å². The van der Waals surface area contributed by atoms with Gasteiger partial charge in [0.2, 0.25) is 0 Å². The summed E-state index contributed by atoms with van der Waals surface area (Å²) < 4.78 is 32.4. The summed E-state index contributed by atoms with van der Waals surface area (Å²) in [4.78, 5) is 12.3. The first-order valence-electron chi connectivity index (χ1n) is 9.84. The molecule has 10 heteroatoms. The number of ether oxygens (including phenoxy) is 1. The maximum atomic E-state index is 12.7. The Morgan fingerprint density at radius 3 is 2.23 bits per heavy atom. The molecule has 0 aliphatic heterocycles. The largest absolute Gasteiger partial charge is 0.497 e. The van der Waals surface area contributed by atoms with Crippen molar-refractivity contribution in [2.24, 2.45) is 0 Å². The van der Waals surface area contributed by atoms with E-state index in [0.717, 1.165) is 61.4 Å². The van der Waals surface area contributed by atoms with Gasteiger partial charge in [-0.25, -0.2) is 17.9 Å². The number of urea groups is 1. The monoisotopic (exact) mass is 430 g/mol. The summed E-state index contributed by atoms with van der Waals surface area (Å²) in [6, 6.07) is 4.99. The fourth-order valence-electron chi connectivity index (χ4n) is 4.37. The van der Waals surface area contributed by atoms with E-state index in [0.29, 0.717) is 0 Å². The molecule has 0 heterocycles. The van der Waals surface area contributed by atoms with Crippen LogP contribution in [0.3, 0.4) is 0 Å². The average Bonchev–Trinajstić information content (AvgIpc) is 3.36. The van der Waals surface area contributed by atoms with E-state index >= 15 is 0 Å². The summed E-state index contributed by atoms with van der Waals surface area (Å²) in [5, 5.41) is 21.7. The van der Waals surface area contributed by atoms with Gasteiger partial charge in [0.05, 0.1) is 12.0 Å². The maximum Gasteiger partial charge on any atom is 0.492 e. The first-order chi connectivity index (χ1) is 14.3. The van der Waals surface area contributed by atoms with Crippen LogP contribution >= 0.6 is 0 Å². The minimum atomic E-state index is -4.23. The number of aryl methyl sites for hydroxylation is 2. The highest BCUT2D eigenvalue weighted by atomic mass is 32.2. The van der Waals surface area contributed by atoms with Crippen molar-refractivity contribution in [2.45, 2.75) is 43.4 Å². The Morgan fingerprint density at radius 2 is 1.67 bits per heavy atom. The molecule has 158 valence electrons. The maximum absolute atomic E-state index is 12.7. The van der Waals surface area contributed by atoms with Crippen molar-refractivity contribution in [2.75, 3.05) is 12.4 Å². The molecule has 0 spiro atoms. The van der Waals surface area contributed by atoms with Crippen LogP contribution < -0.4 is 20.2 Å². The Bertz CT molecular complexity index is 1080. The van der Waals surface area contributed by atoms with Crippen LogP contribution in [-0.4, -0.2) is 38.7 Å². The lowest BCUT2D eigenvalue weighted by Crippen LogP contribution is -2.36. The molecule has 2 amide bonds. The molecule has 2 aliphatic rings. The van der Waals surface area contributed by atoms with Crippen molar-refractivity contribution < 1.29 is 28.0 Å². The van der Waals surface area contributed by atoms with Crippen LogP contribution in [0.15, 0.2) is 29.2 Å². The van der Waals surface area contributed by atoms with Crippen LogP contribution in [0.25, 0.3) is 0 Å². The fourth-order valence-corrected chi connectivity index (χ4v) is 5.31. The Morgan fingerprint density at radius 1 is 1.03 bits per heavy atom. The van der Waals surface area contributed by atoms with Gasteiger partial charge in [0.1, 0.15) is 5.75 Å². The molecule has 0 bridgehead atoms. The van der Waals surface area contributed by atoms with Crippen LogP contribution in [0.5, 0.6) is 5.75 Å². The number of amides is 2. The van der Waals surface area contributed by atoms with E-state index in [2.05, 4.69) is 11.4 Å². The molecule has 2 aromatic carbocycles. The fraction of sp³-hybridized carbons (Fsp3) is 0.350. The zero-order valence-electron chi connectivity index (χ0n) is 16.6. The van der Waals surface area contributed by atoms with Crippen LogP contribution in [-0.2, 0) is 35.7 Å².